The molecule has 1 aliphatic rings. The van der Waals surface area contributed by atoms with Crippen LogP contribution in [0, 0.1) is 5.92 Å². The van der Waals surface area contributed by atoms with E-state index in [0.29, 0.717) is 29.6 Å². The lowest BCUT2D eigenvalue weighted by Gasteiger charge is -2.27. The second-order valence-corrected chi connectivity index (χ2v) is 9.23. The Bertz CT molecular complexity index is 485. The first-order valence-corrected chi connectivity index (χ1v) is 11.7. The Morgan fingerprint density at radius 3 is 2.54 bits per heavy atom. The maximum atomic E-state index is 12.7. The van der Waals surface area contributed by atoms with Crippen molar-refractivity contribution in [1.29, 1.82) is 0 Å². The van der Waals surface area contributed by atoms with Crippen molar-refractivity contribution in [1.82, 2.24) is 0 Å². The van der Waals surface area contributed by atoms with Gasteiger partial charge in [-0.1, -0.05) is 53.4 Å². The van der Waals surface area contributed by atoms with Gasteiger partial charge in [0.15, 0.2) is 5.78 Å². The van der Waals surface area contributed by atoms with Crippen molar-refractivity contribution in [3.05, 3.63) is 11.3 Å². The number of rotatable bonds is 12. The Morgan fingerprint density at radius 1 is 1.15 bits per heavy atom. The molecule has 0 radical (unpaired) electrons. The van der Waals surface area contributed by atoms with E-state index in [2.05, 4.69) is 20.8 Å². The van der Waals surface area contributed by atoms with Crippen LogP contribution in [0.25, 0.3) is 0 Å². The van der Waals surface area contributed by atoms with E-state index in [1.54, 1.807) is 0 Å². The van der Waals surface area contributed by atoms with Gasteiger partial charge >= 0.3 is 0 Å². The molecule has 0 aromatic carbocycles. The number of carbonyl (C=O) groups is 1. The molecule has 0 aromatic heterocycles. The number of allylic oxidation sites excluding steroid dienone is 2. The zero-order valence-corrected chi connectivity index (χ0v) is 18.2. The van der Waals surface area contributed by atoms with Crippen LogP contribution in [0.15, 0.2) is 16.3 Å². The summed E-state index contributed by atoms with van der Waals surface area (Å²) in [4.78, 5) is 17.5. The van der Waals surface area contributed by atoms with Gasteiger partial charge < -0.3 is 5.11 Å². The summed E-state index contributed by atoms with van der Waals surface area (Å²) in [7, 11) is 0. The van der Waals surface area contributed by atoms with Gasteiger partial charge in [0.25, 0.3) is 0 Å². The molecule has 1 aliphatic carbocycles. The van der Waals surface area contributed by atoms with E-state index in [1.165, 1.54) is 25.7 Å². The summed E-state index contributed by atoms with van der Waals surface area (Å²) in [5, 5.41) is 11.0. The van der Waals surface area contributed by atoms with E-state index in [9.17, 15) is 9.90 Å². The van der Waals surface area contributed by atoms with E-state index in [4.69, 9.17) is 4.99 Å². The highest BCUT2D eigenvalue weighted by Gasteiger charge is 2.31. The summed E-state index contributed by atoms with van der Waals surface area (Å²) in [6, 6.07) is 0. The normalized spacial score (nSPS) is 22.7. The number of aliphatic imine (C=N–C) groups is 1. The molecule has 4 heteroatoms. The van der Waals surface area contributed by atoms with Crippen LogP contribution >= 0.6 is 11.8 Å². The zero-order chi connectivity index (χ0) is 19.4. The van der Waals surface area contributed by atoms with Gasteiger partial charge in [0.05, 0.1) is 5.57 Å². The van der Waals surface area contributed by atoms with Gasteiger partial charge in [-0.2, -0.15) is 11.8 Å². The first-order valence-electron chi connectivity index (χ1n) is 10.6. The third-order valence-electron chi connectivity index (χ3n) is 4.98. The Hall–Kier alpha value is -0.770. The second-order valence-electron chi connectivity index (χ2n) is 7.51. The molecule has 0 aromatic rings. The van der Waals surface area contributed by atoms with Crippen LogP contribution in [0.5, 0.6) is 0 Å². The Morgan fingerprint density at radius 2 is 1.88 bits per heavy atom. The van der Waals surface area contributed by atoms with Crippen LogP contribution in [0.1, 0.15) is 91.9 Å². The molecular weight excluding hydrogens is 342 g/mol. The number of aliphatic hydroxyl groups is 1. The van der Waals surface area contributed by atoms with Crippen molar-refractivity contribution < 1.29 is 9.90 Å². The second kappa shape index (κ2) is 13.4. The molecule has 0 heterocycles. The van der Waals surface area contributed by atoms with Crippen molar-refractivity contribution in [3.8, 4) is 0 Å². The van der Waals surface area contributed by atoms with Crippen molar-refractivity contribution in [2.45, 2.75) is 97.2 Å². The predicted octanol–water partition coefficient (Wildman–Crippen LogP) is 6.52. The summed E-state index contributed by atoms with van der Waals surface area (Å²) >= 11 is 1.96. The largest absolute Gasteiger partial charge is 0.511 e. The number of unbranched alkanes of at least 4 members (excludes halogenated alkanes) is 4. The van der Waals surface area contributed by atoms with Crippen molar-refractivity contribution in [2.75, 3.05) is 12.3 Å². The average molecular weight is 382 g/mol. The fraction of sp³-hybridized carbons (Fsp3) is 0.818. The minimum Gasteiger partial charge on any atom is -0.511 e. The van der Waals surface area contributed by atoms with E-state index in [-0.39, 0.29) is 11.5 Å². The number of nitrogens with zero attached hydrogens (tertiary/aromatic N) is 1. The maximum Gasteiger partial charge on any atom is 0.168 e. The van der Waals surface area contributed by atoms with E-state index in [1.807, 2.05) is 18.7 Å². The van der Waals surface area contributed by atoms with Gasteiger partial charge in [-0.25, -0.2) is 0 Å². The minimum absolute atomic E-state index is 0.102. The summed E-state index contributed by atoms with van der Waals surface area (Å²) < 4.78 is 0. The summed E-state index contributed by atoms with van der Waals surface area (Å²) in [5.41, 5.74) is 1.42. The van der Waals surface area contributed by atoms with Gasteiger partial charge in [-0.3, -0.25) is 9.79 Å². The number of carbonyl (C=O) groups excluding carboxylic acids is 1. The third kappa shape index (κ3) is 8.28. The van der Waals surface area contributed by atoms with Crippen molar-refractivity contribution in [2.24, 2.45) is 10.9 Å². The molecule has 1 rings (SSSR count). The lowest BCUT2D eigenvalue weighted by molar-refractivity contribution is -0.116. The molecule has 26 heavy (non-hydrogen) atoms. The molecule has 150 valence electrons. The predicted molar refractivity (Wildman–Crippen MR) is 116 cm³/mol. The van der Waals surface area contributed by atoms with Gasteiger partial charge in [0.1, 0.15) is 5.76 Å². The number of Topliss-reactive ketones (excluding diaryl/α,β-unsaturated/α-hetero) is 1. The summed E-state index contributed by atoms with van der Waals surface area (Å²) in [6.45, 7) is 9.47. The molecule has 1 saturated carbocycles. The molecule has 1 fully saturated rings. The van der Waals surface area contributed by atoms with Crippen LogP contribution in [-0.4, -0.2) is 34.1 Å². The molecule has 0 amide bonds. The number of hydrogen-bond donors (Lipinski definition) is 1. The quantitative estimate of drug-likeness (QED) is 0.238. The number of thioether (sulfide) groups is 1. The Kier molecular flexibility index (Phi) is 12.0. The lowest BCUT2D eigenvalue weighted by atomic mass is 9.80. The molecule has 0 aliphatic heterocycles. The molecule has 0 spiro atoms. The highest BCUT2D eigenvalue weighted by atomic mass is 32.2. The smallest absolute Gasteiger partial charge is 0.168 e. The van der Waals surface area contributed by atoms with Gasteiger partial charge in [0.2, 0.25) is 0 Å². The van der Waals surface area contributed by atoms with Crippen LogP contribution < -0.4 is 0 Å². The zero-order valence-electron chi connectivity index (χ0n) is 17.4. The maximum absolute atomic E-state index is 12.7. The third-order valence-corrected chi connectivity index (χ3v) is 6.07. The standard InChI is InChI=1S/C22H39NO2S/c1-5-8-9-10-11-13-23-19-15-18(14-17(4)26-7-3)16-21(25)22(19)20(24)12-6-2/h17-18,24H,5-16H2,1-4H3/b22-20+,23-19?. The SMILES string of the molecule is CCCCCCCN=C1CC(CC(C)SCC)CC(=O)/C1=C(/O)CCC. The van der Waals surface area contributed by atoms with E-state index < -0.39 is 0 Å². The highest BCUT2D eigenvalue weighted by molar-refractivity contribution is 7.99. The van der Waals surface area contributed by atoms with Gasteiger partial charge in [-0.15, -0.1) is 0 Å². The van der Waals surface area contributed by atoms with Crippen molar-refractivity contribution >= 4 is 23.3 Å². The molecule has 2 unspecified atom stereocenters. The van der Waals surface area contributed by atoms with Crippen LogP contribution in [0.2, 0.25) is 0 Å². The summed E-state index contributed by atoms with van der Waals surface area (Å²) in [5.74, 6) is 1.85. The molecule has 3 nitrogen and oxygen atoms in total. The number of aliphatic hydroxyl groups excluding tert-OH is 1. The lowest BCUT2D eigenvalue weighted by Crippen LogP contribution is -2.29. The van der Waals surface area contributed by atoms with Crippen LogP contribution in [0.4, 0.5) is 0 Å². The molecule has 0 bridgehead atoms. The fourth-order valence-corrected chi connectivity index (χ4v) is 4.70. The monoisotopic (exact) mass is 381 g/mol. The van der Waals surface area contributed by atoms with E-state index in [0.717, 1.165) is 43.7 Å². The topological polar surface area (TPSA) is 49.7 Å². The highest BCUT2D eigenvalue weighted by Crippen LogP contribution is 2.32. The van der Waals surface area contributed by atoms with Crippen LogP contribution in [0.3, 0.4) is 0 Å². The molecular formula is C22H39NO2S. The van der Waals surface area contributed by atoms with Gasteiger partial charge in [-0.05, 0) is 37.4 Å². The van der Waals surface area contributed by atoms with Crippen molar-refractivity contribution in [3.63, 3.8) is 0 Å². The minimum atomic E-state index is 0.102. The molecule has 1 N–H and O–H groups in total. The first-order chi connectivity index (χ1) is 12.5. The number of ketones is 1. The van der Waals surface area contributed by atoms with Crippen LogP contribution in [-0.2, 0) is 4.79 Å². The van der Waals surface area contributed by atoms with E-state index >= 15 is 0 Å². The molecule has 2 atom stereocenters. The molecule has 0 saturated heterocycles. The Labute approximate surface area is 165 Å². The first kappa shape index (κ1) is 23.3. The van der Waals surface area contributed by atoms with Gasteiger partial charge in [0, 0.05) is 30.3 Å². The Balaban J connectivity index is 2.80. The number of hydrogen-bond acceptors (Lipinski definition) is 4. The average Bonchev–Trinajstić information content (AvgIpc) is 2.58. The summed E-state index contributed by atoms with van der Waals surface area (Å²) in [6.07, 6.45) is 9.96. The fourth-order valence-electron chi connectivity index (χ4n) is 3.72.